The van der Waals surface area contributed by atoms with Gasteiger partial charge in [0.15, 0.2) is 0 Å². The van der Waals surface area contributed by atoms with Gasteiger partial charge in [0.25, 0.3) is 0 Å². The van der Waals surface area contributed by atoms with Gasteiger partial charge in [-0.1, -0.05) is 6.07 Å². The zero-order valence-electron chi connectivity index (χ0n) is 14.0. The number of benzene rings is 2. The Kier molecular flexibility index (Phi) is 7.11. The summed E-state index contributed by atoms with van der Waals surface area (Å²) in [7, 11) is 4.87. The second kappa shape index (κ2) is 9.08. The molecule has 0 aliphatic carbocycles. The minimum Gasteiger partial charge on any atom is -0.496 e. The van der Waals surface area contributed by atoms with Crippen LogP contribution in [-0.2, 0) is 13.0 Å². The molecule has 0 aliphatic rings. The molecule has 2 aromatic rings. The number of ether oxygens (including phenoxy) is 3. The summed E-state index contributed by atoms with van der Waals surface area (Å²) < 4.78 is 30.2. The predicted molar refractivity (Wildman–Crippen MR) is 101 cm³/mol. The summed E-state index contributed by atoms with van der Waals surface area (Å²) in [6.07, 6.45) is 0.792. The molecule has 0 aliphatic heterocycles. The number of nitrogens with one attached hydrogen (secondary N) is 1. The second-order valence-electron chi connectivity index (χ2n) is 5.18. The van der Waals surface area contributed by atoms with Gasteiger partial charge < -0.3 is 19.5 Å². The molecule has 0 radical (unpaired) electrons. The van der Waals surface area contributed by atoms with E-state index in [1.165, 1.54) is 12.1 Å². The Morgan fingerprint density at radius 3 is 2.25 bits per heavy atom. The van der Waals surface area contributed by atoms with E-state index in [4.69, 9.17) is 14.2 Å². The minimum absolute atomic E-state index is 0.300. The van der Waals surface area contributed by atoms with Gasteiger partial charge in [-0.3, -0.25) is 0 Å². The molecule has 130 valence electrons. The molecule has 6 heteroatoms. The summed E-state index contributed by atoms with van der Waals surface area (Å²) in [5.74, 6) is 1.94. The standard InChI is InChI=1S/C18H21FINO3/c1-22-16-9-14(19)5-4-13(16)11-21-7-6-12-8-18(24-3)15(20)10-17(12)23-2/h4-5,8-10,21H,6-7,11H2,1-3H3/i19-1. The summed E-state index contributed by atoms with van der Waals surface area (Å²) in [6, 6.07) is 8.53. The van der Waals surface area contributed by atoms with Crippen LogP contribution in [0, 0.1) is 9.39 Å². The Hall–Kier alpha value is -1.54. The maximum Gasteiger partial charge on any atom is 0.132 e. The van der Waals surface area contributed by atoms with Crippen molar-refractivity contribution in [3.8, 4) is 17.2 Å². The lowest BCUT2D eigenvalue weighted by molar-refractivity contribution is 0.395. The van der Waals surface area contributed by atoms with Gasteiger partial charge in [-0.2, -0.15) is 0 Å². The van der Waals surface area contributed by atoms with Crippen molar-refractivity contribution in [2.75, 3.05) is 27.9 Å². The summed E-state index contributed by atoms with van der Waals surface area (Å²) in [6.45, 7) is 1.36. The van der Waals surface area contributed by atoms with Gasteiger partial charge in [0.2, 0.25) is 0 Å². The fourth-order valence-corrected chi connectivity index (χ4v) is 3.09. The maximum absolute atomic E-state index is 13.2. The molecule has 0 bridgehead atoms. The SMILES string of the molecule is COc1cc(CCNCc2ccc([18F])cc2OC)c(OC)cc1I. The summed E-state index contributed by atoms with van der Waals surface area (Å²) in [5, 5.41) is 3.35. The fraction of sp³-hybridized carbons (Fsp3) is 0.333. The molecule has 2 aromatic carbocycles. The van der Waals surface area contributed by atoms with E-state index in [9.17, 15) is 4.39 Å². The van der Waals surface area contributed by atoms with E-state index in [0.717, 1.165) is 39.2 Å². The quantitative estimate of drug-likeness (QED) is 0.497. The highest BCUT2D eigenvalue weighted by Crippen LogP contribution is 2.30. The zero-order chi connectivity index (χ0) is 17.5. The van der Waals surface area contributed by atoms with E-state index in [1.54, 1.807) is 27.4 Å². The van der Waals surface area contributed by atoms with Crippen LogP contribution in [0.2, 0.25) is 0 Å². The third kappa shape index (κ3) is 4.73. The van der Waals surface area contributed by atoms with Crippen LogP contribution < -0.4 is 19.5 Å². The molecule has 0 amide bonds. The van der Waals surface area contributed by atoms with Crippen LogP contribution in [0.1, 0.15) is 11.1 Å². The summed E-state index contributed by atoms with van der Waals surface area (Å²) in [4.78, 5) is 0. The first-order valence-electron chi connectivity index (χ1n) is 7.52. The molecule has 0 saturated heterocycles. The van der Waals surface area contributed by atoms with E-state index in [2.05, 4.69) is 27.9 Å². The van der Waals surface area contributed by atoms with Crippen LogP contribution in [0.4, 0.5) is 4.39 Å². The molecule has 0 saturated carbocycles. The monoisotopic (exact) mass is 444 g/mol. The number of halogens is 2. The molecular weight excluding hydrogens is 423 g/mol. The van der Waals surface area contributed by atoms with Crippen LogP contribution >= 0.6 is 22.6 Å². The molecule has 0 aromatic heterocycles. The van der Waals surface area contributed by atoms with Gasteiger partial charge in [0.05, 0.1) is 24.9 Å². The van der Waals surface area contributed by atoms with Crippen LogP contribution in [0.3, 0.4) is 0 Å². The van der Waals surface area contributed by atoms with Crippen molar-refractivity contribution in [1.29, 1.82) is 0 Å². The van der Waals surface area contributed by atoms with Gasteiger partial charge in [-0.25, -0.2) is 4.39 Å². The predicted octanol–water partition coefficient (Wildman–Crippen LogP) is 3.79. The normalized spacial score (nSPS) is 10.5. The maximum atomic E-state index is 13.2. The highest BCUT2D eigenvalue weighted by molar-refractivity contribution is 14.1. The zero-order valence-corrected chi connectivity index (χ0v) is 16.1. The van der Waals surface area contributed by atoms with E-state index >= 15 is 0 Å². The average Bonchev–Trinajstić information content (AvgIpc) is 2.60. The van der Waals surface area contributed by atoms with E-state index < -0.39 is 0 Å². The molecule has 24 heavy (non-hydrogen) atoms. The summed E-state index contributed by atoms with van der Waals surface area (Å²) in [5.41, 5.74) is 2.00. The topological polar surface area (TPSA) is 39.7 Å². The molecule has 0 heterocycles. The van der Waals surface area contributed by atoms with Gasteiger partial charge in [-0.15, -0.1) is 0 Å². The molecule has 0 atom stereocenters. The van der Waals surface area contributed by atoms with Gasteiger partial charge in [0, 0.05) is 18.2 Å². The van der Waals surface area contributed by atoms with E-state index in [-0.39, 0.29) is 5.82 Å². The lowest BCUT2D eigenvalue weighted by Crippen LogP contribution is -2.17. The van der Waals surface area contributed by atoms with Crippen molar-refractivity contribution < 1.29 is 18.6 Å². The number of hydrogen-bond donors (Lipinski definition) is 1. The van der Waals surface area contributed by atoms with Gasteiger partial charge >= 0.3 is 0 Å². The van der Waals surface area contributed by atoms with Crippen LogP contribution in [0.5, 0.6) is 17.2 Å². The third-order valence-corrected chi connectivity index (χ3v) is 4.53. The molecular formula is C18H21FINO3. The van der Waals surface area contributed by atoms with Crippen molar-refractivity contribution in [2.24, 2.45) is 0 Å². The molecule has 4 nitrogen and oxygen atoms in total. The van der Waals surface area contributed by atoms with Crippen molar-refractivity contribution in [2.45, 2.75) is 13.0 Å². The lowest BCUT2D eigenvalue weighted by atomic mass is 10.1. The molecule has 0 fully saturated rings. The van der Waals surface area contributed by atoms with Crippen molar-refractivity contribution in [3.05, 3.63) is 50.8 Å². The minimum atomic E-state index is -0.300. The largest absolute Gasteiger partial charge is 0.496 e. The fourth-order valence-electron chi connectivity index (χ4n) is 2.43. The summed E-state index contributed by atoms with van der Waals surface area (Å²) >= 11 is 2.22. The highest BCUT2D eigenvalue weighted by atomic mass is 127. The Morgan fingerprint density at radius 2 is 1.58 bits per heavy atom. The lowest BCUT2D eigenvalue weighted by Gasteiger charge is -2.13. The van der Waals surface area contributed by atoms with Crippen LogP contribution in [-0.4, -0.2) is 27.9 Å². The number of hydrogen-bond acceptors (Lipinski definition) is 4. The average molecular weight is 444 g/mol. The van der Waals surface area contributed by atoms with Crippen LogP contribution in [0.25, 0.3) is 0 Å². The van der Waals surface area contributed by atoms with Crippen molar-refractivity contribution >= 4 is 22.6 Å². The van der Waals surface area contributed by atoms with Crippen molar-refractivity contribution in [3.63, 3.8) is 0 Å². The first-order chi connectivity index (χ1) is 11.6. The van der Waals surface area contributed by atoms with Crippen molar-refractivity contribution in [1.82, 2.24) is 5.32 Å². The third-order valence-electron chi connectivity index (χ3n) is 3.69. The first-order valence-corrected chi connectivity index (χ1v) is 8.60. The Morgan fingerprint density at radius 1 is 0.917 bits per heavy atom. The molecule has 0 unspecified atom stereocenters. The second-order valence-corrected chi connectivity index (χ2v) is 6.34. The molecule has 1 N–H and O–H groups in total. The number of methoxy groups -OCH3 is 3. The molecule has 2 rings (SSSR count). The smallest absolute Gasteiger partial charge is 0.132 e. The first kappa shape index (κ1) is 18.8. The Labute approximate surface area is 155 Å². The Balaban J connectivity index is 1.97. The highest BCUT2D eigenvalue weighted by Gasteiger charge is 2.10. The number of rotatable bonds is 8. The Bertz CT molecular complexity index is 694. The van der Waals surface area contributed by atoms with Crippen LogP contribution in [0.15, 0.2) is 30.3 Å². The van der Waals surface area contributed by atoms with Gasteiger partial charge in [0.1, 0.15) is 23.1 Å². The molecule has 0 spiro atoms. The van der Waals surface area contributed by atoms with E-state index in [1.807, 2.05) is 12.1 Å². The van der Waals surface area contributed by atoms with E-state index in [0.29, 0.717) is 12.3 Å². The van der Waals surface area contributed by atoms with Gasteiger partial charge in [-0.05, 0) is 59.3 Å².